The van der Waals surface area contributed by atoms with Crippen LogP contribution >= 0.6 is 0 Å². The Balaban J connectivity index is 1.72. The fraction of sp³-hybridized carbons (Fsp3) is 0.545. The van der Waals surface area contributed by atoms with Crippen molar-refractivity contribution >= 4 is 27.3 Å². The monoisotopic (exact) mass is 446 g/mol. The van der Waals surface area contributed by atoms with Gasteiger partial charge < -0.3 is 14.7 Å². The standard InChI is InChI=1S/C22H30N4O4S/c1-16-21(17(2)30-24-16)23-22(27)19-15-18(31(28,29)26-13-7-4-8-14-26)9-10-20(19)25-11-5-3-6-12-25/h9-10,15H,3-8,11-14H2,1-2H3,(H,23,27). The molecule has 1 aromatic carbocycles. The van der Waals surface area contributed by atoms with E-state index in [0.29, 0.717) is 35.8 Å². The summed E-state index contributed by atoms with van der Waals surface area (Å²) in [5.41, 5.74) is 2.24. The van der Waals surface area contributed by atoms with Gasteiger partial charge in [0.15, 0.2) is 5.76 Å². The third kappa shape index (κ3) is 4.48. The molecule has 0 atom stereocenters. The molecule has 31 heavy (non-hydrogen) atoms. The highest BCUT2D eigenvalue weighted by Crippen LogP contribution is 2.30. The zero-order valence-corrected chi connectivity index (χ0v) is 19.0. The van der Waals surface area contributed by atoms with Crippen molar-refractivity contribution in [2.24, 2.45) is 0 Å². The van der Waals surface area contributed by atoms with Crippen molar-refractivity contribution in [3.8, 4) is 0 Å². The van der Waals surface area contributed by atoms with E-state index in [4.69, 9.17) is 4.52 Å². The summed E-state index contributed by atoms with van der Waals surface area (Å²) in [6, 6.07) is 4.95. The number of rotatable bonds is 5. The van der Waals surface area contributed by atoms with Crippen LogP contribution in [0, 0.1) is 13.8 Å². The van der Waals surface area contributed by atoms with E-state index in [1.54, 1.807) is 26.0 Å². The molecule has 8 nitrogen and oxygen atoms in total. The van der Waals surface area contributed by atoms with Crippen molar-refractivity contribution in [2.75, 3.05) is 36.4 Å². The minimum atomic E-state index is -3.64. The van der Waals surface area contributed by atoms with Crippen molar-refractivity contribution < 1.29 is 17.7 Å². The van der Waals surface area contributed by atoms with Crippen molar-refractivity contribution in [3.05, 3.63) is 35.2 Å². The first-order chi connectivity index (χ1) is 14.9. The Morgan fingerprint density at radius 2 is 1.65 bits per heavy atom. The molecule has 3 heterocycles. The van der Waals surface area contributed by atoms with Gasteiger partial charge in [-0.15, -0.1) is 0 Å². The van der Waals surface area contributed by atoms with Gasteiger partial charge in [-0.2, -0.15) is 4.31 Å². The number of aromatic nitrogens is 1. The Hall–Kier alpha value is -2.39. The quantitative estimate of drug-likeness (QED) is 0.752. The van der Waals surface area contributed by atoms with Gasteiger partial charge in [0, 0.05) is 31.9 Å². The maximum Gasteiger partial charge on any atom is 0.257 e. The summed E-state index contributed by atoms with van der Waals surface area (Å²) in [7, 11) is -3.64. The highest BCUT2D eigenvalue weighted by molar-refractivity contribution is 7.89. The molecule has 1 amide bonds. The van der Waals surface area contributed by atoms with Gasteiger partial charge in [0.1, 0.15) is 11.4 Å². The van der Waals surface area contributed by atoms with E-state index in [9.17, 15) is 13.2 Å². The van der Waals surface area contributed by atoms with Gasteiger partial charge in [-0.05, 0) is 64.2 Å². The normalized spacial score (nSPS) is 18.2. The van der Waals surface area contributed by atoms with Crippen LogP contribution in [0.5, 0.6) is 0 Å². The molecule has 0 unspecified atom stereocenters. The second kappa shape index (κ2) is 9.00. The Bertz CT molecular complexity index is 1030. The number of carbonyl (C=O) groups excluding carboxylic acids is 1. The molecule has 168 valence electrons. The number of piperidine rings is 2. The molecule has 4 rings (SSSR count). The molecule has 0 saturated carbocycles. The molecule has 2 aromatic rings. The molecule has 1 N–H and O–H groups in total. The number of aryl methyl sites for hydroxylation is 2. The predicted octanol–water partition coefficient (Wildman–Crippen LogP) is 3.71. The minimum absolute atomic E-state index is 0.166. The zero-order chi connectivity index (χ0) is 22.0. The van der Waals surface area contributed by atoms with E-state index < -0.39 is 10.0 Å². The summed E-state index contributed by atoms with van der Waals surface area (Å²) in [5.74, 6) is 0.160. The largest absolute Gasteiger partial charge is 0.371 e. The Kier molecular flexibility index (Phi) is 6.34. The molecule has 0 spiro atoms. The number of sulfonamides is 1. The van der Waals surface area contributed by atoms with E-state index in [1.165, 1.54) is 16.8 Å². The molecule has 2 aliphatic rings. The van der Waals surface area contributed by atoms with E-state index in [-0.39, 0.29) is 10.8 Å². The molecule has 0 aliphatic carbocycles. The summed E-state index contributed by atoms with van der Waals surface area (Å²) in [6.07, 6.45) is 6.05. The average Bonchev–Trinajstić information content (AvgIpc) is 3.12. The Morgan fingerprint density at radius 1 is 1.00 bits per heavy atom. The summed E-state index contributed by atoms with van der Waals surface area (Å²) in [4.78, 5) is 15.7. The molecule has 2 fully saturated rings. The molecule has 2 saturated heterocycles. The van der Waals surface area contributed by atoms with E-state index in [0.717, 1.165) is 50.9 Å². The number of carbonyl (C=O) groups is 1. The first-order valence-corrected chi connectivity index (χ1v) is 12.5. The second-order valence-electron chi connectivity index (χ2n) is 8.34. The number of amides is 1. The third-order valence-corrected chi connectivity index (χ3v) is 8.03. The summed E-state index contributed by atoms with van der Waals surface area (Å²) in [6.45, 7) is 6.24. The average molecular weight is 447 g/mol. The lowest BCUT2D eigenvalue weighted by Gasteiger charge is -2.31. The number of anilines is 2. The molecule has 0 radical (unpaired) electrons. The topological polar surface area (TPSA) is 95.8 Å². The van der Waals surface area contributed by atoms with E-state index >= 15 is 0 Å². The van der Waals surface area contributed by atoms with Crippen LogP contribution in [-0.4, -0.2) is 50.0 Å². The van der Waals surface area contributed by atoms with Crippen molar-refractivity contribution in [2.45, 2.75) is 57.3 Å². The van der Waals surface area contributed by atoms with Crippen LogP contribution in [0.3, 0.4) is 0 Å². The maximum absolute atomic E-state index is 13.3. The molecule has 9 heteroatoms. The number of nitrogens with zero attached hydrogens (tertiary/aromatic N) is 3. The maximum atomic E-state index is 13.3. The number of benzene rings is 1. The zero-order valence-electron chi connectivity index (χ0n) is 18.2. The lowest BCUT2D eigenvalue weighted by atomic mass is 10.1. The number of nitrogens with one attached hydrogen (secondary N) is 1. The van der Waals surface area contributed by atoms with Crippen LogP contribution in [0.15, 0.2) is 27.6 Å². The first kappa shape index (κ1) is 21.8. The van der Waals surface area contributed by atoms with Crippen LogP contribution in [-0.2, 0) is 10.0 Å². The van der Waals surface area contributed by atoms with Crippen LogP contribution in [0.2, 0.25) is 0 Å². The number of hydrogen-bond acceptors (Lipinski definition) is 6. The molecule has 0 bridgehead atoms. The summed E-state index contributed by atoms with van der Waals surface area (Å²) < 4.78 is 33.1. The minimum Gasteiger partial charge on any atom is -0.371 e. The van der Waals surface area contributed by atoms with Crippen LogP contribution in [0.1, 0.15) is 60.3 Å². The van der Waals surface area contributed by atoms with Crippen LogP contribution < -0.4 is 10.2 Å². The van der Waals surface area contributed by atoms with Crippen molar-refractivity contribution in [3.63, 3.8) is 0 Å². The molecular weight excluding hydrogens is 416 g/mol. The summed E-state index contributed by atoms with van der Waals surface area (Å²) >= 11 is 0. The van der Waals surface area contributed by atoms with Gasteiger partial charge in [-0.3, -0.25) is 4.79 Å². The first-order valence-electron chi connectivity index (χ1n) is 11.0. The van der Waals surface area contributed by atoms with E-state index in [1.807, 2.05) is 0 Å². The lowest BCUT2D eigenvalue weighted by Crippen LogP contribution is -2.36. The molecule has 1 aromatic heterocycles. The van der Waals surface area contributed by atoms with Gasteiger partial charge >= 0.3 is 0 Å². The molecule has 2 aliphatic heterocycles. The smallest absolute Gasteiger partial charge is 0.257 e. The van der Waals surface area contributed by atoms with Crippen molar-refractivity contribution in [1.82, 2.24) is 9.46 Å². The predicted molar refractivity (Wildman–Crippen MR) is 119 cm³/mol. The second-order valence-corrected chi connectivity index (χ2v) is 10.3. The van der Waals surface area contributed by atoms with E-state index in [2.05, 4.69) is 15.4 Å². The summed E-state index contributed by atoms with van der Waals surface area (Å²) in [5, 5.41) is 6.77. The van der Waals surface area contributed by atoms with Gasteiger partial charge in [0.25, 0.3) is 5.91 Å². The highest BCUT2D eigenvalue weighted by Gasteiger charge is 2.29. The van der Waals surface area contributed by atoms with Crippen LogP contribution in [0.4, 0.5) is 11.4 Å². The third-order valence-electron chi connectivity index (χ3n) is 6.13. The van der Waals surface area contributed by atoms with Crippen molar-refractivity contribution in [1.29, 1.82) is 0 Å². The van der Waals surface area contributed by atoms with Gasteiger partial charge in [0.2, 0.25) is 10.0 Å². The van der Waals surface area contributed by atoms with Gasteiger partial charge in [0.05, 0.1) is 10.5 Å². The fourth-order valence-corrected chi connectivity index (χ4v) is 5.91. The number of hydrogen-bond donors (Lipinski definition) is 1. The van der Waals surface area contributed by atoms with Crippen LogP contribution in [0.25, 0.3) is 0 Å². The fourth-order valence-electron chi connectivity index (χ4n) is 4.36. The highest BCUT2D eigenvalue weighted by atomic mass is 32.2. The Labute approximate surface area is 183 Å². The lowest BCUT2D eigenvalue weighted by molar-refractivity contribution is 0.102. The SMILES string of the molecule is Cc1noc(C)c1NC(=O)c1cc(S(=O)(=O)N2CCCCC2)ccc1N1CCCCC1. The van der Waals surface area contributed by atoms with Gasteiger partial charge in [-0.25, -0.2) is 8.42 Å². The van der Waals surface area contributed by atoms with Gasteiger partial charge in [-0.1, -0.05) is 11.6 Å². The Morgan fingerprint density at radius 3 is 2.26 bits per heavy atom. The molecular formula is C22H30N4O4S.